The summed E-state index contributed by atoms with van der Waals surface area (Å²) < 4.78 is 11.6. The van der Waals surface area contributed by atoms with Gasteiger partial charge >= 0.3 is 0 Å². The molecule has 2 aliphatic rings. The molecule has 21 heavy (non-hydrogen) atoms. The zero-order valence-electron chi connectivity index (χ0n) is 13.0. The van der Waals surface area contributed by atoms with Gasteiger partial charge in [-0.2, -0.15) is 0 Å². The van der Waals surface area contributed by atoms with Crippen LogP contribution in [0.2, 0.25) is 0 Å². The average molecular weight is 289 g/mol. The maximum atomic E-state index is 6.16. The average Bonchev–Trinajstić information content (AvgIpc) is 3.36. The van der Waals surface area contributed by atoms with Crippen molar-refractivity contribution in [2.75, 3.05) is 7.11 Å². The van der Waals surface area contributed by atoms with Crippen molar-refractivity contribution in [1.82, 2.24) is 5.32 Å². The first-order valence-electron chi connectivity index (χ1n) is 8.29. The maximum absolute atomic E-state index is 6.16. The molecule has 3 nitrogen and oxygen atoms in total. The molecule has 2 unspecified atom stereocenters. The highest BCUT2D eigenvalue weighted by atomic mass is 16.5. The van der Waals surface area contributed by atoms with Crippen molar-refractivity contribution in [3.05, 3.63) is 35.4 Å². The number of hydrogen-bond donors (Lipinski definition) is 1. The Labute approximate surface area is 128 Å². The number of hydrogen-bond acceptors (Lipinski definition) is 3. The third-order valence-electron chi connectivity index (χ3n) is 4.66. The molecule has 1 aromatic rings. The van der Waals surface area contributed by atoms with Gasteiger partial charge in [-0.25, -0.2) is 0 Å². The number of methoxy groups -OCH3 is 1. The van der Waals surface area contributed by atoms with Crippen molar-refractivity contribution in [1.29, 1.82) is 0 Å². The molecule has 1 aromatic carbocycles. The van der Waals surface area contributed by atoms with Gasteiger partial charge in [0.05, 0.1) is 18.8 Å². The topological polar surface area (TPSA) is 30.5 Å². The molecule has 116 valence electrons. The summed E-state index contributed by atoms with van der Waals surface area (Å²) >= 11 is 0. The highest BCUT2D eigenvalue weighted by molar-refractivity contribution is 5.26. The van der Waals surface area contributed by atoms with Crippen LogP contribution in [0, 0.1) is 0 Å². The van der Waals surface area contributed by atoms with E-state index in [1.54, 1.807) is 0 Å². The molecule has 0 saturated heterocycles. The first kappa shape index (κ1) is 15.0. The molecule has 0 bridgehead atoms. The molecule has 0 heterocycles. The first-order valence-corrected chi connectivity index (χ1v) is 8.29. The minimum Gasteiger partial charge on any atom is -0.381 e. The monoisotopic (exact) mass is 289 g/mol. The smallest absolute Gasteiger partial charge is 0.0723 e. The number of nitrogens with one attached hydrogen (secondary N) is 1. The lowest BCUT2D eigenvalue weighted by Crippen LogP contribution is -2.27. The fourth-order valence-electron chi connectivity index (χ4n) is 3.09. The predicted octanol–water partition coefficient (Wildman–Crippen LogP) is 3.41. The number of rotatable bonds is 7. The van der Waals surface area contributed by atoms with Crippen LogP contribution in [-0.4, -0.2) is 25.4 Å². The Bertz CT molecular complexity index is 445. The summed E-state index contributed by atoms with van der Waals surface area (Å²) in [5.74, 6) is 0. The molecule has 3 heteroatoms. The van der Waals surface area contributed by atoms with E-state index in [0.29, 0.717) is 12.2 Å². The minimum atomic E-state index is 0.355. The van der Waals surface area contributed by atoms with E-state index >= 15 is 0 Å². The molecule has 0 aliphatic heterocycles. The maximum Gasteiger partial charge on any atom is 0.0723 e. The van der Waals surface area contributed by atoms with Crippen LogP contribution in [0.1, 0.15) is 49.7 Å². The second-order valence-corrected chi connectivity index (χ2v) is 6.38. The van der Waals surface area contributed by atoms with E-state index in [1.165, 1.54) is 43.2 Å². The van der Waals surface area contributed by atoms with Gasteiger partial charge in [-0.05, 0) is 49.7 Å². The van der Waals surface area contributed by atoms with Crippen molar-refractivity contribution in [2.45, 2.75) is 69.9 Å². The molecule has 2 aliphatic carbocycles. The summed E-state index contributed by atoms with van der Waals surface area (Å²) in [5, 5.41) is 3.59. The highest BCUT2D eigenvalue weighted by Crippen LogP contribution is 2.25. The molecule has 2 saturated carbocycles. The summed E-state index contributed by atoms with van der Waals surface area (Å²) in [4.78, 5) is 0. The molecule has 0 aromatic heterocycles. The largest absolute Gasteiger partial charge is 0.381 e. The van der Waals surface area contributed by atoms with Crippen LogP contribution in [0.4, 0.5) is 0 Å². The van der Waals surface area contributed by atoms with Crippen molar-refractivity contribution < 1.29 is 9.47 Å². The summed E-state index contributed by atoms with van der Waals surface area (Å²) in [6.45, 7) is 1.69. The van der Waals surface area contributed by atoms with E-state index in [2.05, 4.69) is 29.6 Å². The summed E-state index contributed by atoms with van der Waals surface area (Å²) in [6, 6.07) is 9.39. The van der Waals surface area contributed by atoms with Crippen LogP contribution in [0.5, 0.6) is 0 Å². The van der Waals surface area contributed by atoms with Crippen molar-refractivity contribution in [3.8, 4) is 0 Å². The molecular weight excluding hydrogens is 262 g/mol. The fraction of sp³-hybridized carbons (Fsp3) is 0.667. The quantitative estimate of drug-likeness (QED) is 0.834. The zero-order valence-corrected chi connectivity index (χ0v) is 13.0. The van der Waals surface area contributed by atoms with Gasteiger partial charge in [0.2, 0.25) is 0 Å². The lowest BCUT2D eigenvalue weighted by Gasteiger charge is -2.28. The van der Waals surface area contributed by atoms with Gasteiger partial charge in [-0.3, -0.25) is 0 Å². The van der Waals surface area contributed by atoms with Gasteiger partial charge in [0.1, 0.15) is 0 Å². The van der Waals surface area contributed by atoms with Crippen molar-refractivity contribution in [3.63, 3.8) is 0 Å². The Balaban J connectivity index is 1.51. The van der Waals surface area contributed by atoms with E-state index in [0.717, 1.165) is 25.6 Å². The molecule has 2 atom stereocenters. The SMILES string of the molecule is COC1CCCC(OCc2ccccc2CNC2CC2)C1. The highest BCUT2D eigenvalue weighted by Gasteiger charge is 2.23. The van der Waals surface area contributed by atoms with Crippen LogP contribution in [0.15, 0.2) is 24.3 Å². The van der Waals surface area contributed by atoms with Gasteiger partial charge in [-0.1, -0.05) is 24.3 Å². The van der Waals surface area contributed by atoms with Crippen LogP contribution in [0.25, 0.3) is 0 Å². The Morgan fingerprint density at radius 2 is 1.81 bits per heavy atom. The van der Waals surface area contributed by atoms with E-state index in [9.17, 15) is 0 Å². The van der Waals surface area contributed by atoms with Gasteiger partial charge in [0.25, 0.3) is 0 Å². The van der Waals surface area contributed by atoms with Gasteiger partial charge < -0.3 is 14.8 Å². The first-order chi connectivity index (χ1) is 10.3. The van der Waals surface area contributed by atoms with Gasteiger partial charge in [0, 0.05) is 19.7 Å². The van der Waals surface area contributed by atoms with E-state index in [1.807, 2.05) is 7.11 Å². The van der Waals surface area contributed by atoms with Crippen molar-refractivity contribution in [2.24, 2.45) is 0 Å². The van der Waals surface area contributed by atoms with Gasteiger partial charge in [0.15, 0.2) is 0 Å². The third-order valence-corrected chi connectivity index (χ3v) is 4.66. The second-order valence-electron chi connectivity index (χ2n) is 6.38. The number of ether oxygens (including phenoxy) is 2. The molecule has 0 amide bonds. The van der Waals surface area contributed by atoms with Crippen LogP contribution in [-0.2, 0) is 22.6 Å². The Hall–Kier alpha value is -0.900. The Morgan fingerprint density at radius 3 is 2.57 bits per heavy atom. The second kappa shape index (κ2) is 7.39. The minimum absolute atomic E-state index is 0.355. The molecule has 0 radical (unpaired) electrons. The lowest BCUT2D eigenvalue weighted by molar-refractivity contribution is -0.0365. The Kier molecular flexibility index (Phi) is 5.28. The standard InChI is InChI=1S/C18H27NO2/c1-20-17-7-4-8-18(11-17)21-13-15-6-3-2-5-14(15)12-19-16-9-10-16/h2-3,5-6,16-19H,4,7-13H2,1H3. The van der Waals surface area contributed by atoms with E-state index < -0.39 is 0 Å². The van der Waals surface area contributed by atoms with Crippen LogP contribution < -0.4 is 5.32 Å². The lowest BCUT2D eigenvalue weighted by atomic mass is 9.95. The molecule has 1 N–H and O–H groups in total. The fourth-order valence-corrected chi connectivity index (χ4v) is 3.09. The van der Waals surface area contributed by atoms with E-state index in [-0.39, 0.29) is 0 Å². The third kappa shape index (κ3) is 4.53. The predicted molar refractivity (Wildman–Crippen MR) is 84.1 cm³/mol. The number of benzene rings is 1. The zero-order chi connectivity index (χ0) is 14.5. The van der Waals surface area contributed by atoms with E-state index in [4.69, 9.17) is 9.47 Å². The Morgan fingerprint density at radius 1 is 1.05 bits per heavy atom. The van der Waals surface area contributed by atoms with Crippen LogP contribution in [0.3, 0.4) is 0 Å². The molecular formula is C18H27NO2. The molecule has 3 rings (SSSR count). The summed E-state index contributed by atoms with van der Waals surface area (Å²) in [7, 11) is 1.81. The molecule has 0 spiro atoms. The van der Waals surface area contributed by atoms with Gasteiger partial charge in [-0.15, -0.1) is 0 Å². The van der Waals surface area contributed by atoms with Crippen molar-refractivity contribution >= 4 is 0 Å². The molecule has 2 fully saturated rings. The summed E-state index contributed by atoms with van der Waals surface area (Å²) in [5.41, 5.74) is 2.70. The normalized spacial score (nSPS) is 26.0. The summed E-state index contributed by atoms with van der Waals surface area (Å²) in [6.07, 6.45) is 8.01. The van der Waals surface area contributed by atoms with Crippen LogP contribution >= 0.6 is 0 Å².